The van der Waals surface area contributed by atoms with Crippen LogP contribution >= 0.6 is 23.1 Å². The topological polar surface area (TPSA) is 87.8 Å². The molecule has 5 rings (SSSR count). The van der Waals surface area contributed by atoms with Crippen LogP contribution in [0.5, 0.6) is 0 Å². The number of hydrogen-bond acceptors (Lipinski definition) is 6. The molecule has 0 atom stereocenters. The van der Waals surface area contributed by atoms with Gasteiger partial charge in [0, 0.05) is 4.88 Å². The highest BCUT2D eigenvalue weighted by Crippen LogP contribution is 2.35. The van der Waals surface area contributed by atoms with Crippen molar-refractivity contribution < 1.29 is 4.79 Å². The average Bonchev–Trinajstić information content (AvgIpc) is 3.22. The zero-order chi connectivity index (χ0) is 23.7. The molecule has 2 aromatic heterocycles. The largest absolute Gasteiger partial charge is 0.324 e. The van der Waals surface area contributed by atoms with Crippen molar-refractivity contribution in [2.45, 2.75) is 37.8 Å². The molecule has 0 unspecified atom stereocenters. The molecule has 8 heteroatoms. The average molecular weight is 487 g/mol. The Morgan fingerprint density at radius 1 is 1.18 bits per heavy atom. The van der Waals surface area contributed by atoms with Crippen molar-refractivity contribution in [2.24, 2.45) is 0 Å². The first-order valence-electron chi connectivity index (χ1n) is 11.1. The van der Waals surface area contributed by atoms with Crippen molar-refractivity contribution in [3.05, 3.63) is 80.5 Å². The number of aromatic nitrogens is 2. The number of benzene rings is 2. The van der Waals surface area contributed by atoms with Gasteiger partial charge in [-0.1, -0.05) is 41.6 Å². The van der Waals surface area contributed by atoms with Gasteiger partial charge in [-0.25, -0.2) is 4.98 Å². The summed E-state index contributed by atoms with van der Waals surface area (Å²) < 4.78 is 1.63. The molecule has 1 amide bonds. The maximum Gasteiger partial charge on any atom is 0.267 e. The van der Waals surface area contributed by atoms with E-state index in [1.807, 2.05) is 31.2 Å². The number of carbonyl (C=O) groups excluding carboxylic acids is 1. The second kappa shape index (κ2) is 9.45. The smallest absolute Gasteiger partial charge is 0.267 e. The molecule has 6 nitrogen and oxygen atoms in total. The van der Waals surface area contributed by atoms with Crippen molar-refractivity contribution in [1.29, 1.82) is 5.26 Å². The summed E-state index contributed by atoms with van der Waals surface area (Å²) in [6.45, 7) is 2.00. The molecular weight excluding hydrogens is 464 g/mol. The molecular formula is C26H22N4O2S2. The first-order chi connectivity index (χ1) is 16.5. The van der Waals surface area contributed by atoms with Gasteiger partial charge in [-0.05, 0) is 62.4 Å². The Balaban J connectivity index is 1.52. The Morgan fingerprint density at radius 3 is 2.74 bits per heavy atom. The predicted molar refractivity (Wildman–Crippen MR) is 137 cm³/mol. The van der Waals surface area contributed by atoms with Crippen LogP contribution in [0, 0.1) is 18.3 Å². The third-order valence-electron chi connectivity index (χ3n) is 5.90. The molecule has 2 aromatic carbocycles. The zero-order valence-electron chi connectivity index (χ0n) is 18.6. The number of thioether (sulfide) groups is 1. The Bertz CT molecular complexity index is 1500. The van der Waals surface area contributed by atoms with Crippen molar-refractivity contribution in [2.75, 3.05) is 11.1 Å². The summed E-state index contributed by atoms with van der Waals surface area (Å²) in [5.41, 5.74) is 3.78. The van der Waals surface area contributed by atoms with Crippen molar-refractivity contribution in [1.82, 2.24) is 9.55 Å². The molecule has 2 heterocycles. The fourth-order valence-electron chi connectivity index (χ4n) is 4.21. The Hall–Kier alpha value is -3.41. The summed E-state index contributed by atoms with van der Waals surface area (Å²) in [7, 11) is 0. The van der Waals surface area contributed by atoms with Crippen LogP contribution in [-0.2, 0) is 17.6 Å². The van der Waals surface area contributed by atoms with E-state index in [1.54, 1.807) is 40.2 Å². The minimum atomic E-state index is -0.261. The molecule has 0 saturated carbocycles. The van der Waals surface area contributed by atoms with Crippen molar-refractivity contribution in [3.63, 3.8) is 0 Å². The van der Waals surface area contributed by atoms with Crippen LogP contribution in [0.1, 0.15) is 34.4 Å². The predicted octanol–water partition coefficient (Wildman–Crippen LogP) is 5.24. The first-order valence-corrected chi connectivity index (χ1v) is 12.9. The van der Waals surface area contributed by atoms with Gasteiger partial charge in [0.15, 0.2) is 5.16 Å². The van der Waals surface area contributed by atoms with Crippen LogP contribution in [0.15, 0.2) is 58.5 Å². The highest BCUT2D eigenvalue weighted by atomic mass is 32.2. The van der Waals surface area contributed by atoms with Gasteiger partial charge in [-0.15, -0.1) is 11.3 Å². The Kier molecular flexibility index (Phi) is 6.22. The lowest BCUT2D eigenvalue weighted by atomic mass is 9.97. The van der Waals surface area contributed by atoms with Crippen LogP contribution in [0.4, 0.5) is 5.69 Å². The van der Waals surface area contributed by atoms with Crippen LogP contribution in [0.2, 0.25) is 0 Å². The number of amides is 1. The van der Waals surface area contributed by atoms with Gasteiger partial charge in [0.05, 0.1) is 28.1 Å². The highest BCUT2D eigenvalue weighted by molar-refractivity contribution is 7.99. The number of thiophene rings is 1. The summed E-state index contributed by atoms with van der Waals surface area (Å²) >= 11 is 2.83. The molecule has 1 N–H and O–H groups in total. The van der Waals surface area contributed by atoms with Crippen molar-refractivity contribution in [3.8, 4) is 11.8 Å². The molecule has 0 aliphatic heterocycles. The normalized spacial score (nSPS) is 12.8. The SMILES string of the molecule is Cc1ccc(-n2c(SCC(=O)Nc3ccccc3C#N)nc3sc4c(c3c2=O)CCCC4)cc1. The van der Waals surface area contributed by atoms with Gasteiger partial charge in [0.25, 0.3) is 5.56 Å². The number of carbonyl (C=O) groups is 1. The van der Waals surface area contributed by atoms with E-state index >= 15 is 0 Å². The third kappa shape index (κ3) is 4.25. The van der Waals surface area contributed by atoms with E-state index in [0.717, 1.165) is 52.7 Å². The van der Waals surface area contributed by atoms with Gasteiger partial charge in [-0.2, -0.15) is 5.26 Å². The molecule has 1 aliphatic rings. The minimum absolute atomic E-state index is 0.0641. The van der Waals surface area contributed by atoms with E-state index in [-0.39, 0.29) is 17.2 Å². The second-order valence-electron chi connectivity index (χ2n) is 8.26. The molecule has 0 fully saturated rings. The number of aryl methyl sites for hydroxylation is 3. The zero-order valence-corrected chi connectivity index (χ0v) is 20.3. The van der Waals surface area contributed by atoms with E-state index in [9.17, 15) is 14.9 Å². The molecule has 1 aliphatic carbocycles. The maximum absolute atomic E-state index is 13.8. The Morgan fingerprint density at radius 2 is 1.94 bits per heavy atom. The fraction of sp³-hybridized carbons (Fsp3) is 0.231. The number of anilines is 1. The van der Waals surface area contributed by atoms with Crippen LogP contribution in [-0.4, -0.2) is 21.2 Å². The Labute approximate surface area is 205 Å². The fourth-order valence-corrected chi connectivity index (χ4v) is 6.33. The lowest BCUT2D eigenvalue weighted by molar-refractivity contribution is -0.113. The van der Waals surface area contributed by atoms with Gasteiger partial charge in [-0.3, -0.25) is 14.2 Å². The minimum Gasteiger partial charge on any atom is -0.324 e. The number of rotatable bonds is 5. The molecule has 0 spiro atoms. The van der Waals surface area contributed by atoms with Crippen LogP contribution in [0.25, 0.3) is 15.9 Å². The molecule has 0 radical (unpaired) electrons. The maximum atomic E-state index is 13.8. The molecule has 4 aromatic rings. The quantitative estimate of drug-likeness (QED) is 0.308. The van der Waals surface area contributed by atoms with Crippen molar-refractivity contribution >= 4 is 44.9 Å². The summed E-state index contributed by atoms with van der Waals surface area (Å²) in [4.78, 5) is 33.3. The monoisotopic (exact) mass is 486 g/mol. The summed E-state index contributed by atoms with van der Waals surface area (Å²) in [6, 6.07) is 16.7. The van der Waals surface area contributed by atoms with Gasteiger partial charge in [0.2, 0.25) is 5.91 Å². The number of nitrogens with one attached hydrogen (secondary N) is 1. The highest BCUT2D eigenvalue weighted by Gasteiger charge is 2.23. The van der Waals surface area contributed by atoms with Crippen LogP contribution in [0.3, 0.4) is 0 Å². The standard InChI is InChI=1S/C26H22N4O2S2/c1-16-10-12-18(13-11-16)30-25(32)23-19-7-3-5-9-21(19)34-24(23)29-26(30)33-15-22(31)28-20-8-4-2-6-17(20)14-27/h2,4,6,8,10-13H,3,5,7,9,15H2,1H3,(H,28,31). The summed E-state index contributed by atoms with van der Waals surface area (Å²) in [5.74, 6) is -0.197. The van der Waals surface area contributed by atoms with Gasteiger partial charge in [0.1, 0.15) is 10.9 Å². The van der Waals surface area contributed by atoms with E-state index in [1.165, 1.54) is 16.6 Å². The number of nitriles is 1. The number of hydrogen-bond donors (Lipinski definition) is 1. The summed E-state index contributed by atoms with van der Waals surface area (Å²) in [6.07, 6.45) is 4.12. The molecule has 170 valence electrons. The lowest BCUT2D eigenvalue weighted by Gasteiger charge is -2.14. The van der Waals surface area contributed by atoms with Crippen LogP contribution < -0.4 is 10.9 Å². The number of nitrogens with zero attached hydrogens (tertiary/aromatic N) is 3. The molecule has 0 bridgehead atoms. The van der Waals surface area contributed by atoms with E-state index < -0.39 is 0 Å². The molecule has 0 saturated heterocycles. The third-order valence-corrected chi connectivity index (χ3v) is 8.03. The number of para-hydroxylation sites is 1. The van der Waals surface area contributed by atoms with Gasteiger partial charge < -0.3 is 5.32 Å². The van der Waals surface area contributed by atoms with E-state index in [4.69, 9.17) is 4.98 Å². The number of fused-ring (bicyclic) bond motifs is 3. The first kappa shape index (κ1) is 22.4. The molecule has 34 heavy (non-hydrogen) atoms. The summed E-state index contributed by atoms with van der Waals surface area (Å²) in [5, 5.41) is 13.3. The van der Waals surface area contributed by atoms with Gasteiger partial charge >= 0.3 is 0 Å². The second-order valence-corrected chi connectivity index (χ2v) is 10.3. The lowest BCUT2D eigenvalue weighted by Crippen LogP contribution is -2.23. The van der Waals surface area contributed by atoms with E-state index in [2.05, 4.69) is 11.4 Å². The van der Waals surface area contributed by atoms with E-state index in [0.29, 0.717) is 16.4 Å².